The van der Waals surface area contributed by atoms with Crippen LogP contribution in [0.15, 0.2) is 218 Å². The minimum absolute atomic E-state index is 0. The molecule has 0 nitrogen and oxygen atoms in total. The van der Waals surface area contributed by atoms with E-state index < -0.39 is 0 Å². The number of hydrogen-bond donors (Lipinski definition) is 0. The van der Waals surface area contributed by atoms with Gasteiger partial charge in [-0.05, 0) is 0 Å². The summed E-state index contributed by atoms with van der Waals surface area (Å²) < 4.78 is 6.68. The van der Waals surface area contributed by atoms with E-state index in [0.29, 0.717) is 0 Å². The minimum Gasteiger partial charge on any atom is -1.00 e. The van der Waals surface area contributed by atoms with Crippen LogP contribution in [0.4, 0.5) is 0 Å². The largest absolute Gasteiger partial charge is 1.00 e. The van der Waals surface area contributed by atoms with Gasteiger partial charge in [0.25, 0.3) is 0 Å². The van der Waals surface area contributed by atoms with Gasteiger partial charge in [0.2, 0.25) is 0 Å². The summed E-state index contributed by atoms with van der Waals surface area (Å²) in [4.78, 5) is 0. The molecule has 12 rings (SSSR count). The summed E-state index contributed by atoms with van der Waals surface area (Å²) in [5.74, 6) is 0. The molecule has 4 heteroatoms. The van der Waals surface area contributed by atoms with E-state index in [2.05, 4.69) is 227 Å². The van der Waals surface area contributed by atoms with Crippen molar-refractivity contribution in [3.63, 3.8) is 0 Å². The van der Waals surface area contributed by atoms with Gasteiger partial charge in [0.1, 0.15) is 0 Å². The van der Waals surface area contributed by atoms with E-state index >= 15 is 0 Å². The summed E-state index contributed by atoms with van der Waals surface area (Å²) in [7, 11) is 0. The molecule has 12 aromatic carbocycles. The van der Waals surface area contributed by atoms with E-state index in [9.17, 15) is 0 Å². The van der Waals surface area contributed by atoms with Crippen LogP contribution in [0.2, 0.25) is 0 Å². The van der Waals surface area contributed by atoms with Gasteiger partial charge in [0, 0.05) is 0 Å². The average molecular weight is 942 g/mol. The topological polar surface area (TPSA) is 0 Å². The number of fused-ring (bicyclic) bond motifs is 12. The fourth-order valence-electron chi connectivity index (χ4n) is 7.62. The molecule has 0 aliphatic heterocycles. The summed E-state index contributed by atoms with van der Waals surface area (Å²) in [5, 5.41) is 21.6. The quantitative estimate of drug-likeness (QED) is 0.134. The molecule has 12 aromatic rings. The van der Waals surface area contributed by atoms with Crippen molar-refractivity contribution in [2.24, 2.45) is 0 Å². The molecular formula is C54H40Cl2Zr2-2. The third-order valence-electron chi connectivity index (χ3n) is 10.1. The van der Waals surface area contributed by atoms with E-state index in [-0.39, 0.29) is 24.8 Å². The zero-order valence-electron chi connectivity index (χ0n) is 32.0. The average Bonchev–Trinajstić information content (AvgIpc) is 4.06. The Kier molecular flexibility index (Phi) is 16.8. The van der Waals surface area contributed by atoms with Crippen molar-refractivity contribution in [3.05, 3.63) is 218 Å². The molecule has 0 aromatic heterocycles. The third-order valence-corrected chi connectivity index (χ3v) is 10.1. The zero-order chi connectivity index (χ0) is 38.7. The maximum Gasteiger partial charge on any atom is -0.0771 e. The zero-order valence-corrected chi connectivity index (χ0v) is 38.4. The molecule has 0 N–H and O–H groups in total. The van der Waals surface area contributed by atoms with Crippen LogP contribution >= 0.6 is 0 Å². The van der Waals surface area contributed by atoms with Gasteiger partial charge in [0.15, 0.2) is 0 Å². The number of rotatable bonds is 0. The maximum atomic E-state index is 3.34. The Balaban J connectivity index is 0.000000141. The summed E-state index contributed by atoms with van der Waals surface area (Å²) >= 11 is 2.60. The maximum absolute atomic E-state index is 3.34. The Morgan fingerprint density at radius 3 is 0.431 bits per heavy atom. The molecule has 0 aliphatic rings. The van der Waals surface area contributed by atoms with Crippen LogP contribution in [0.3, 0.4) is 0 Å². The Bertz CT molecular complexity index is 2510. The van der Waals surface area contributed by atoms with Crippen molar-refractivity contribution >= 4 is 94.6 Å². The van der Waals surface area contributed by atoms with Crippen molar-refractivity contribution in [1.82, 2.24) is 0 Å². The van der Waals surface area contributed by atoms with E-state index in [0.717, 1.165) is 0 Å². The van der Waals surface area contributed by atoms with Gasteiger partial charge in [-0.25, -0.2) is 0 Å². The van der Waals surface area contributed by atoms with Crippen molar-refractivity contribution in [2.75, 3.05) is 0 Å². The first-order valence-corrected chi connectivity index (χ1v) is 22.1. The molecule has 0 fully saturated rings. The van der Waals surface area contributed by atoms with E-state index in [1.807, 2.05) is 0 Å². The SMILES string of the molecule is [CH2]=[Zr+2].[CH2]=[Zr+2].[Cl-].[Cl-].c1ccc2c(c1)[cH-]c1ccccc12.c1ccc2c(c1)[cH-]c1ccccc12.c1ccc2c(c1)[cH-]c1ccccc12.c1ccc2c(c1)[cH-]c1ccccc12. The molecule has 0 radical (unpaired) electrons. The molecule has 0 heterocycles. The van der Waals surface area contributed by atoms with Crippen LogP contribution < -0.4 is 24.8 Å². The Hall–Kier alpha value is -4.67. The van der Waals surface area contributed by atoms with Crippen molar-refractivity contribution in [1.29, 1.82) is 0 Å². The summed E-state index contributed by atoms with van der Waals surface area (Å²) in [6, 6.07) is 77.1. The van der Waals surface area contributed by atoms with Crippen LogP contribution in [-0.4, -0.2) is 8.42 Å². The van der Waals surface area contributed by atoms with E-state index in [1.54, 1.807) is 0 Å². The molecule has 58 heavy (non-hydrogen) atoms. The first-order chi connectivity index (χ1) is 27.8. The van der Waals surface area contributed by atoms with Gasteiger partial charge >= 0.3 is 56.9 Å². The van der Waals surface area contributed by atoms with Crippen LogP contribution in [0.5, 0.6) is 0 Å². The fraction of sp³-hybridized carbons (Fsp3) is 0. The van der Waals surface area contributed by atoms with Crippen LogP contribution in [0.1, 0.15) is 0 Å². The summed E-state index contributed by atoms with van der Waals surface area (Å²) in [6.45, 7) is 0. The molecule has 0 atom stereocenters. The Morgan fingerprint density at radius 1 is 0.207 bits per heavy atom. The molecule has 0 saturated heterocycles. The molecule has 0 aliphatic carbocycles. The first-order valence-electron chi connectivity index (χ1n) is 18.6. The standard InChI is InChI=1S/4C13H9.2CH2.2ClH.2Zr/c4*1-3-7-12-10(5-1)9-11-6-2-4-8-13(11)12;;;;;;/h4*1-9H;2*1H2;2*1H;;/q4*-1;;;;;2*+2/p-2. The number of hydrogen-bond acceptors (Lipinski definition) is 0. The summed E-state index contributed by atoms with van der Waals surface area (Å²) in [6.07, 6.45) is 0. The predicted octanol–water partition coefficient (Wildman–Crippen LogP) is 8.79. The van der Waals surface area contributed by atoms with E-state index in [4.69, 9.17) is 0 Å². The normalized spacial score (nSPS) is 10.1. The van der Waals surface area contributed by atoms with Crippen molar-refractivity contribution in [3.8, 4) is 0 Å². The minimum atomic E-state index is 0. The molecule has 0 spiro atoms. The number of benzene rings is 8. The van der Waals surface area contributed by atoms with Gasteiger partial charge in [-0.3, -0.25) is 0 Å². The smallest absolute Gasteiger partial charge is 0.0771 e. The van der Waals surface area contributed by atoms with Gasteiger partial charge < -0.3 is 24.8 Å². The second-order valence-electron chi connectivity index (χ2n) is 13.3. The van der Waals surface area contributed by atoms with Crippen LogP contribution in [0.25, 0.3) is 86.2 Å². The molecule has 0 saturated carbocycles. The Labute approximate surface area is 382 Å². The van der Waals surface area contributed by atoms with Gasteiger partial charge in [-0.15, -0.1) is 159 Å². The molecule has 0 unspecified atom stereocenters. The second kappa shape index (κ2) is 21.9. The Morgan fingerprint density at radius 2 is 0.310 bits per heavy atom. The van der Waals surface area contributed by atoms with E-state index in [1.165, 1.54) is 135 Å². The monoisotopic (exact) mass is 938 g/mol. The van der Waals surface area contributed by atoms with Crippen molar-refractivity contribution < 1.29 is 73.3 Å². The van der Waals surface area contributed by atoms with Crippen LogP contribution in [0, 0.1) is 0 Å². The van der Waals surface area contributed by atoms with Gasteiger partial charge in [0.05, 0.1) is 0 Å². The van der Waals surface area contributed by atoms with Gasteiger partial charge in [-0.2, -0.15) is 0 Å². The molecule has 0 amide bonds. The van der Waals surface area contributed by atoms with Crippen LogP contribution in [-0.2, 0) is 48.5 Å². The predicted molar refractivity (Wildman–Crippen MR) is 242 cm³/mol. The third kappa shape index (κ3) is 9.77. The molecular weight excluding hydrogens is 902 g/mol. The number of halogens is 2. The molecule has 280 valence electrons. The summed E-state index contributed by atoms with van der Waals surface area (Å²) in [5.41, 5.74) is 0. The second-order valence-corrected chi connectivity index (χ2v) is 13.3. The molecule has 0 bridgehead atoms. The first kappa shape index (κ1) is 44.4. The fourth-order valence-corrected chi connectivity index (χ4v) is 7.62. The van der Waals surface area contributed by atoms with Crippen molar-refractivity contribution in [2.45, 2.75) is 0 Å². The van der Waals surface area contributed by atoms with Gasteiger partial charge in [-0.1, -0.05) is 146 Å².